The second-order valence-electron chi connectivity index (χ2n) is 7.30. The largest absolute Gasteiger partial charge is 0.458 e. The van der Waals surface area contributed by atoms with Crippen molar-refractivity contribution in [3.05, 3.63) is 46.6 Å². The van der Waals surface area contributed by atoms with E-state index in [4.69, 9.17) is 4.74 Å². The van der Waals surface area contributed by atoms with Gasteiger partial charge >= 0.3 is 5.97 Å². The van der Waals surface area contributed by atoms with E-state index in [1.807, 2.05) is 19.1 Å². The first-order chi connectivity index (χ1) is 13.7. The van der Waals surface area contributed by atoms with E-state index in [0.717, 1.165) is 59.4 Å². The lowest BCUT2D eigenvalue weighted by molar-refractivity contribution is 0.0216. The number of hydrogen-bond acceptors (Lipinski definition) is 6. The maximum atomic E-state index is 12.8. The fourth-order valence-electron chi connectivity index (χ4n) is 3.71. The Kier molecular flexibility index (Phi) is 5.57. The summed E-state index contributed by atoms with van der Waals surface area (Å²) in [4.78, 5) is 23.0. The highest BCUT2D eigenvalue weighted by Gasteiger charge is 2.24. The molecule has 1 aliphatic carbocycles. The van der Waals surface area contributed by atoms with Crippen LogP contribution in [0.5, 0.6) is 0 Å². The SMILES string of the molecule is CCc1ccc(Nc2ncnc3sc(C(=O)OC4CCCCC4)c(C)c23)cc1. The Morgan fingerprint density at radius 3 is 2.64 bits per heavy atom. The smallest absolute Gasteiger partial charge is 0.348 e. The number of fused-ring (bicyclic) bond motifs is 1. The van der Waals surface area contributed by atoms with E-state index < -0.39 is 0 Å². The minimum Gasteiger partial charge on any atom is -0.458 e. The summed E-state index contributed by atoms with van der Waals surface area (Å²) in [5.41, 5.74) is 3.14. The number of rotatable bonds is 5. The number of nitrogens with one attached hydrogen (secondary N) is 1. The summed E-state index contributed by atoms with van der Waals surface area (Å²) in [5, 5.41) is 4.27. The Morgan fingerprint density at radius 2 is 1.93 bits per heavy atom. The van der Waals surface area contributed by atoms with Gasteiger partial charge in [-0.3, -0.25) is 0 Å². The van der Waals surface area contributed by atoms with Crippen molar-refractivity contribution in [1.82, 2.24) is 9.97 Å². The molecule has 0 aliphatic heterocycles. The molecule has 3 aromatic rings. The molecule has 1 N–H and O–H groups in total. The van der Waals surface area contributed by atoms with E-state index in [2.05, 4.69) is 34.3 Å². The normalized spacial score (nSPS) is 14.9. The number of thiophene rings is 1. The number of carbonyl (C=O) groups excluding carboxylic acids is 1. The van der Waals surface area contributed by atoms with Crippen molar-refractivity contribution in [2.75, 3.05) is 5.32 Å². The fourth-order valence-corrected chi connectivity index (χ4v) is 4.74. The Labute approximate surface area is 169 Å². The Bertz CT molecular complexity index is 975. The molecule has 2 aromatic heterocycles. The van der Waals surface area contributed by atoms with Crippen LogP contribution in [0.25, 0.3) is 10.2 Å². The van der Waals surface area contributed by atoms with Crippen LogP contribution in [0.1, 0.15) is 59.8 Å². The third kappa shape index (κ3) is 3.87. The topological polar surface area (TPSA) is 64.1 Å². The highest BCUT2D eigenvalue weighted by Crippen LogP contribution is 2.35. The molecular weight excluding hydrogens is 370 g/mol. The average molecular weight is 396 g/mol. The summed E-state index contributed by atoms with van der Waals surface area (Å²) >= 11 is 1.39. The van der Waals surface area contributed by atoms with Crippen molar-refractivity contribution >= 4 is 39.0 Å². The molecule has 0 atom stereocenters. The lowest BCUT2D eigenvalue weighted by Crippen LogP contribution is -2.20. The highest BCUT2D eigenvalue weighted by atomic mass is 32.1. The van der Waals surface area contributed by atoms with Crippen LogP contribution in [0.2, 0.25) is 0 Å². The molecule has 4 rings (SSSR count). The second-order valence-corrected chi connectivity index (χ2v) is 8.30. The summed E-state index contributed by atoms with van der Waals surface area (Å²) in [6.07, 6.45) is 8.04. The first-order valence-corrected chi connectivity index (χ1v) is 10.8. The van der Waals surface area contributed by atoms with Crippen molar-refractivity contribution in [3.63, 3.8) is 0 Å². The molecule has 1 aromatic carbocycles. The van der Waals surface area contributed by atoms with E-state index in [-0.39, 0.29) is 12.1 Å². The molecule has 0 saturated heterocycles. The standard InChI is InChI=1S/C22H25N3O2S/c1-3-15-9-11-16(12-10-15)25-20-18-14(2)19(28-21(18)24-13-23-20)22(26)27-17-7-5-4-6-8-17/h9-13,17H,3-8H2,1-2H3,(H,23,24,25). The van der Waals surface area contributed by atoms with Gasteiger partial charge in [0.15, 0.2) is 0 Å². The summed E-state index contributed by atoms with van der Waals surface area (Å²) in [6.45, 7) is 4.09. The number of aromatic nitrogens is 2. The number of aryl methyl sites for hydroxylation is 2. The maximum absolute atomic E-state index is 12.8. The van der Waals surface area contributed by atoms with Crippen LogP contribution in [0.3, 0.4) is 0 Å². The Morgan fingerprint density at radius 1 is 1.18 bits per heavy atom. The summed E-state index contributed by atoms with van der Waals surface area (Å²) < 4.78 is 5.77. The summed E-state index contributed by atoms with van der Waals surface area (Å²) in [7, 11) is 0. The van der Waals surface area contributed by atoms with Crippen LogP contribution in [0, 0.1) is 6.92 Å². The third-order valence-corrected chi connectivity index (χ3v) is 6.54. The van der Waals surface area contributed by atoms with Crippen molar-refractivity contribution in [1.29, 1.82) is 0 Å². The van der Waals surface area contributed by atoms with Gasteiger partial charge in [0.1, 0.15) is 28.0 Å². The number of hydrogen-bond donors (Lipinski definition) is 1. The van der Waals surface area contributed by atoms with Crippen molar-refractivity contribution in [2.24, 2.45) is 0 Å². The van der Waals surface area contributed by atoms with Gasteiger partial charge in [0.05, 0.1) is 5.39 Å². The van der Waals surface area contributed by atoms with E-state index in [1.54, 1.807) is 0 Å². The molecule has 146 valence electrons. The molecule has 1 aliphatic rings. The zero-order valence-electron chi connectivity index (χ0n) is 16.3. The number of esters is 1. The molecule has 0 spiro atoms. The van der Waals surface area contributed by atoms with Gasteiger partial charge < -0.3 is 10.1 Å². The van der Waals surface area contributed by atoms with Gasteiger partial charge in [-0.25, -0.2) is 14.8 Å². The van der Waals surface area contributed by atoms with Gasteiger partial charge in [-0.05, 0) is 62.3 Å². The van der Waals surface area contributed by atoms with Crippen molar-refractivity contribution in [2.45, 2.75) is 58.5 Å². The highest BCUT2D eigenvalue weighted by molar-refractivity contribution is 7.20. The lowest BCUT2D eigenvalue weighted by Gasteiger charge is -2.21. The number of carbonyl (C=O) groups is 1. The van der Waals surface area contributed by atoms with Crippen LogP contribution in [-0.4, -0.2) is 22.0 Å². The molecule has 2 heterocycles. The van der Waals surface area contributed by atoms with Gasteiger partial charge in [0, 0.05) is 5.69 Å². The van der Waals surface area contributed by atoms with E-state index in [0.29, 0.717) is 4.88 Å². The van der Waals surface area contributed by atoms with Gasteiger partial charge in [0.2, 0.25) is 0 Å². The van der Waals surface area contributed by atoms with Crippen LogP contribution in [0.15, 0.2) is 30.6 Å². The monoisotopic (exact) mass is 395 g/mol. The summed E-state index contributed by atoms with van der Waals surface area (Å²) in [5.74, 6) is 0.491. The van der Waals surface area contributed by atoms with Gasteiger partial charge in [-0.2, -0.15) is 0 Å². The quantitative estimate of drug-likeness (QED) is 0.554. The molecular formula is C22H25N3O2S. The molecule has 5 nitrogen and oxygen atoms in total. The molecule has 0 unspecified atom stereocenters. The number of nitrogens with zero attached hydrogens (tertiary/aromatic N) is 2. The van der Waals surface area contributed by atoms with Crippen LogP contribution in [0.4, 0.5) is 11.5 Å². The third-order valence-electron chi connectivity index (χ3n) is 5.36. The van der Waals surface area contributed by atoms with Gasteiger partial charge in [-0.15, -0.1) is 11.3 Å². The minimum absolute atomic E-state index is 0.0478. The van der Waals surface area contributed by atoms with Crippen molar-refractivity contribution in [3.8, 4) is 0 Å². The zero-order valence-corrected chi connectivity index (χ0v) is 17.1. The first kappa shape index (κ1) is 18.9. The van der Waals surface area contributed by atoms with Crippen LogP contribution >= 0.6 is 11.3 Å². The zero-order chi connectivity index (χ0) is 19.5. The molecule has 6 heteroatoms. The fraction of sp³-hybridized carbons (Fsp3) is 0.409. The van der Waals surface area contributed by atoms with Gasteiger partial charge in [0.25, 0.3) is 0 Å². The molecule has 28 heavy (non-hydrogen) atoms. The number of anilines is 2. The molecule has 1 saturated carbocycles. The van der Waals surface area contributed by atoms with Gasteiger partial charge in [-0.1, -0.05) is 25.5 Å². The van der Waals surface area contributed by atoms with Crippen LogP contribution in [-0.2, 0) is 11.2 Å². The van der Waals surface area contributed by atoms with Crippen molar-refractivity contribution < 1.29 is 9.53 Å². The van der Waals surface area contributed by atoms with E-state index in [1.165, 1.54) is 29.6 Å². The number of benzene rings is 1. The second kappa shape index (κ2) is 8.27. The minimum atomic E-state index is -0.231. The summed E-state index contributed by atoms with van der Waals surface area (Å²) in [6, 6.07) is 8.31. The predicted octanol–water partition coefficient (Wildman–Crippen LogP) is 5.80. The Balaban J connectivity index is 1.61. The molecule has 0 amide bonds. The number of ether oxygens (including phenoxy) is 1. The molecule has 0 radical (unpaired) electrons. The Hall–Kier alpha value is -2.47. The van der Waals surface area contributed by atoms with E-state index >= 15 is 0 Å². The van der Waals surface area contributed by atoms with Crippen LogP contribution < -0.4 is 5.32 Å². The molecule has 1 fully saturated rings. The first-order valence-electron chi connectivity index (χ1n) is 9.96. The van der Waals surface area contributed by atoms with E-state index in [9.17, 15) is 4.79 Å². The maximum Gasteiger partial charge on any atom is 0.348 e. The lowest BCUT2D eigenvalue weighted by atomic mass is 9.98. The molecule has 0 bridgehead atoms. The predicted molar refractivity (Wildman–Crippen MR) is 114 cm³/mol. The average Bonchev–Trinajstić information content (AvgIpc) is 3.07.